The minimum Gasteiger partial charge on any atom is -0.481 e. The summed E-state index contributed by atoms with van der Waals surface area (Å²) in [5.41, 5.74) is 5.10. The lowest BCUT2D eigenvalue weighted by Gasteiger charge is -2.25. The fourth-order valence-corrected chi connectivity index (χ4v) is 7.20. The maximum Gasteiger partial charge on any atom is 0.304 e. The Kier molecular flexibility index (Phi) is 6.19. The molecule has 11 heteroatoms. The number of ether oxygens (including phenoxy) is 1. The number of rotatable bonds is 6. The fraction of sp³-hybridized carbons (Fsp3) is 0.379. The van der Waals surface area contributed by atoms with Crippen molar-refractivity contribution in [2.24, 2.45) is 0 Å². The molecule has 4 aromatic rings. The van der Waals surface area contributed by atoms with Crippen LogP contribution in [0.25, 0.3) is 5.65 Å². The average Bonchev–Trinajstić information content (AvgIpc) is 3.57. The molecule has 40 heavy (non-hydrogen) atoms. The molecule has 0 saturated heterocycles. The van der Waals surface area contributed by atoms with Crippen LogP contribution in [0.1, 0.15) is 64.4 Å². The lowest BCUT2D eigenvalue weighted by molar-refractivity contribution is -0.137. The van der Waals surface area contributed by atoms with E-state index >= 15 is 0 Å². The lowest BCUT2D eigenvalue weighted by Crippen LogP contribution is -2.38. The van der Waals surface area contributed by atoms with E-state index in [0.717, 1.165) is 52.0 Å². The van der Waals surface area contributed by atoms with Gasteiger partial charge in [0.25, 0.3) is 0 Å². The van der Waals surface area contributed by atoms with Crippen molar-refractivity contribution in [3.8, 4) is 5.88 Å². The number of sulfonamides is 1. The van der Waals surface area contributed by atoms with E-state index in [-0.39, 0.29) is 30.3 Å². The van der Waals surface area contributed by atoms with Gasteiger partial charge in [0, 0.05) is 24.9 Å². The van der Waals surface area contributed by atoms with Crippen LogP contribution in [0, 0.1) is 27.7 Å². The Bertz CT molecular complexity index is 1780. The van der Waals surface area contributed by atoms with Crippen LogP contribution in [0.5, 0.6) is 5.88 Å². The Morgan fingerprint density at radius 1 is 1.12 bits per heavy atom. The normalized spacial score (nSPS) is 18.2. The number of aromatic nitrogens is 4. The van der Waals surface area contributed by atoms with Gasteiger partial charge in [0.2, 0.25) is 15.9 Å². The highest BCUT2D eigenvalue weighted by atomic mass is 32.2. The van der Waals surface area contributed by atoms with E-state index in [1.165, 1.54) is 4.31 Å². The van der Waals surface area contributed by atoms with E-state index in [0.29, 0.717) is 5.65 Å². The summed E-state index contributed by atoms with van der Waals surface area (Å²) < 4.78 is 37.3. The summed E-state index contributed by atoms with van der Waals surface area (Å²) in [6, 6.07) is 9.34. The van der Waals surface area contributed by atoms with Gasteiger partial charge in [-0.1, -0.05) is 18.2 Å². The van der Waals surface area contributed by atoms with Crippen LogP contribution in [0.2, 0.25) is 0 Å². The first-order chi connectivity index (χ1) is 19.0. The van der Waals surface area contributed by atoms with Crippen molar-refractivity contribution >= 4 is 21.6 Å². The molecule has 1 aliphatic heterocycles. The summed E-state index contributed by atoms with van der Waals surface area (Å²) in [5.74, 6) is -0.469. The molecule has 0 bridgehead atoms. The number of pyridine rings is 2. The number of nitrogens with zero attached hydrogens (tertiary/aromatic N) is 5. The van der Waals surface area contributed by atoms with Gasteiger partial charge in [-0.25, -0.2) is 13.4 Å². The third-order valence-electron chi connectivity index (χ3n) is 8.07. The first kappa shape index (κ1) is 26.4. The van der Waals surface area contributed by atoms with Crippen LogP contribution in [-0.4, -0.2) is 55.5 Å². The molecule has 4 heterocycles. The van der Waals surface area contributed by atoms with Gasteiger partial charge in [0.05, 0.1) is 13.0 Å². The number of carbonyl (C=O) groups is 1. The van der Waals surface area contributed by atoms with Crippen LogP contribution < -0.4 is 4.74 Å². The maximum absolute atomic E-state index is 13.9. The van der Waals surface area contributed by atoms with Gasteiger partial charge in [0.15, 0.2) is 5.65 Å². The van der Waals surface area contributed by atoms with Crippen molar-refractivity contribution in [2.75, 3.05) is 6.54 Å². The highest BCUT2D eigenvalue weighted by Crippen LogP contribution is 2.46. The third kappa shape index (κ3) is 4.52. The quantitative estimate of drug-likeness (QED) is 0.373. The number of fused-ring (bicyclic) bond motifs is 2. The molecule has 1 aromatic carbocycles. The van der Waals surface area contributed by atoms with Crippen molar-refractivity contribution in [1.82, 2.24) is 23.9 Å². The molecule has 208 valence electrons. The minimum absolute atomic E-state index is 0.0846. The van der Waals surface area contributed by atoms with E-state index in [9.17, 15) is 18.3 Å². The van der Waals surface area contributed by atoms with Crippen LogP contribution in [-0.2, 0) is 21.4 Å². The number of benzene rings is 1. The summed E-state index contributed by atoms with van der Waals surface area (Å²) in [4.78, 5) is 16.4. The molecule has 0 unspecified atom stereocenters. The first-order valence-electron chi connectivity index (χ1n) is 13.3. The van der Waals surface area contributed by atoms with Gasteiger partial charge in [-0.2, -0.15) is 4.31 Å². The Morgan fingerprint density at radius 2 is 1.90 bits per heavy atom. The zero-order valence-corrected chi connectivity index (χ0v) is 23.7. The molecule has 0 radical (unpaired) electrons. The molecule has 3 aromatic heterocycles. The van der Waals surface area contributed by atoms with Crippen molar-refractivity contribution < 1.29 is 23.1 Å². The van der Waals surface area contributed by atoms with Crippen LogP contribution in [0.4, 0.5) is 0 Å². The predicted molar refractivity (Wildman–Crippen MR) is 147 cm³/mol. The maximum atomic E-state index is 13.9. The summed E-state index contributed by atoms with van der Waals surface area (Å²) in [5, 5.41) is 18.3. The van der Waals surface area contributed by atoms with Crippen molar-refractivity contribution in [3.63, 3.8) is 0 Å². The number of hydrogen-bond acceptors (Lipinski definition) is 7. The standard InChI is InChI=1S/C29H31N5O5S/c1-17-11-25-28(30-14-17)39-29(8-9-29)16-33(40(25,37)38)15-22-12-21(6-5-18(22)2)24(13-26(35)36)23-7-10-34-20(4)31-32-27(34)19(23)3/h5-7,10-12,14,24H,8-9,13,15-16H2,1-4H3,(H,35,36)/t24-/m0/s1. The molecule has 10 nitrogen and oxygen atoms in total. The summed E-state index contributed by atoms with van der Waals surface area (Å²) in [6.07, 6.45) is 4.89. The zero-order valence-electron chi connectivity index (χ0n) is 22.9. The lowest BCUT2D eigenvalue weighted by atomic mass is 9.85. The van der Waals surface area contributed by atoms with Gasteiger partial charge in [-0.3, -0.25) is 9.20 Å². The van der Waals surface area contributed by atoms with Gasteiger partial charge in [-0.05, 0) is 86.1 Å². The summed E-state index contributed by atoms with van der Waals surface area (Å²) in [6.45, 7) is 7.91. The summed E-state index contributed by atoms with van der Waals surface area (Å²) >= 11 is 0. The van der Waals surface area contributed by atoms with Gasteiger partial charge >= 0.3 is 5.97 Å². The number of hydrogen-bond donors (Lipinski definition) is 1. The minimum atomic E-state index is -3.89. The Morgan fingerprint density at radius 3 is 2.62 bits per heavy atom. The van der Waals surface area contributed by atoms with Crippen molar-refractivity contribution in [2.45, 2.75) is 69.9 Å². The second kappa shape index (κ2) is 9.38. The molecule has 1 fully saturated rings. The molecule has 0 amide bonds. The number of aliphatic carboxylic acids is 1. The fourth-order valence-electron chi connectivity index (χ4n) is 5.55. The van der Waals surface area contributed by atoms with E-state index in [1.807, 2.05) is 55.6 Å². The SMILES string of the molecule is Cc1cnc2c(c1)S(=O)(=O)N(Cc1cc([C@H](CC(=O)O)c3ccn4c(C)nnc4c3C)ccc1C)CC1(CC1)O2. The molecular weight excluding hydrogens is 530 g/mol. The van der Waals surface area contributed by atoms with Crippen LogP contribution >= 0.6 is 0 Å². The Labute approximate surface area is 232 Å². The second-order valence-electron chi connectivity index (χ2n) is 11.0. The topological polar surface area (TPSA) is 127 Å². The first-order valence-corrected chi connectivity index (χ1v) is 14.7. The van der Waals surface area contributed by atoms with E-state index < -0.39 is 27.5 Å². The number of carboxylic acid groups (broad SMARTS) is 1. The molecule has 2 aliphatic rings. The second-order valence-corrected chi connectivity index (χ2v) is 13.0. The van der Waals surface area contributed by atoms with Crippen molar-refractivity contribution in [1.29, 1.82) is 0 Å². The molecule has 6 rings (SSSR count). The van der Waals surface area contributed by atoms with Crippen molar-refractivity contribution in [3.05, 3.63) is 81.9 Å². The highest BCUT2D eigenvalue weighted by molar-refractivity contribution is 7.89. The monoisotopic (exact) mass is 561 g/mol. The van der Waals surface area contributed by atoms with Gasteiger partial charge < -0.3 is 9.84 Å². The highest BCUT2D eigenvalue weighted by Gasteiger charge is 2.52. The molecule has 1 N–H and O–H groups in total. The smallest absolute Gasteiger partial charge is 0.304 e. The van der Waals surface area contributed by atoms with Crippen LogP contribution in [0.15, 0.2) is 47.6 Å². The van der Waals surface area contributed by atoms with E-state index in [2.05, 4.69) is 15.2 Å². The van der Waals surface area contributed by atoms with Gasteiger partial charge in [-0.15, -0.1) is 10.2 Å². The average molecular weight is 562 g/mol. The van der Waals surface area contributed by atoms with E-state index in [1.54, 1.807) is 19.2 Å². The van der Waals surface area contributed by atoms with E-state index in [4.69, 9.17) is 4.74 Å². The molecule has 1 spiro atoms. The molecular formula is C29H31N5O5S. The van der Waals surface area contributed by atoms with Gasteiger partial charge in [0.1, 0.15) is 16.3 Å². The number of carboxylic acids is 1. The third-order valence-corrected chi connectivity index (χ3v) is 9.86. The van der Waals surface area contributed by atoms with Crippen LogP contribution in [0.3, 0.4) is 0 Å². The molecule has 1 atom stereocenters. The largest absolute Gasteiger partial charge is 0.481 e. The zero-order chi connectivity index (χ0) is 28.4. The molecule has 1 saturated carbocycles. The Hall–Kier alpha value is -3.83. The number of aryl methyl sites for hydroxylation is 4. The molecule has 1 aliphatic carbocycles. The summed E-state index contributed by atoms with van der Waals surface area (Å²) in [7, 11) is -3.89. The predicted octanol–water partition coefficient (Wildman–Crippen LogP) is 4.08. The Balaban J connectivity index is 1.41.